The van der Waals surface area contributed by atoms with E-state index in [1.807, 2.05) is 104 Å². The lowest BCUT2D eigenvalue weighted by molar-refractivity contribution is -0.118. The Bertz CT molecular complexity index is 1310. The van der Waals surface area contributed by atoms with E-state index in [2.05, 4.69) is 32.9 Å². The summed E-state index contributed by atoms with van der Waals surface area (Å²) >= 11 is 2.18. The Balaban J connectivity index is 1.42. The molecular weight excluding hydrogens is 567 g/mol. The predicted octanol–water partition coefficient (Wildman–Crippen LogP) is 7.25. The van der Waals surface area contributed by atoms with E-state index < -0.39 is 0 Å². The second kappa shape index (κ2) is 12.7. The van der Waals surface area contributed by atoms with E-state index in [-0.39, 0.29) is 12.5 Å². The van der Waals surface area contributed by atoms with Gasteiger partial charge in [-0.15, -0.1) is 0 Å². The fourth-order valence-electron chi connectivity index (χ4n) is 3.30. The van der Waals surface area contributed by atoms with Crippen molar-refractivity contribution in [3.63, 3.8) is 0 Å². The summed E-state index contributed by atoms with van der Waals surface area (Å²) < 4.78 is 18.3. The molecule has 0 heterocycles. The average molecular weight is 592 g/mol. The van der Waals surface area contributed by atoms with Gasteiger partial charge in [0.05, 0.1) is 15.9 Å². The van der Waals surface area contributed by atoms with Gasteiger partial charge in [-0.2, -0.15) is 0 Å². The van der Waals surface area contributed by atoms with E-state index in [4.69, 9.17) is 14.2 Å². The number of rotatable bonds is 10. The molecule has 1 amide bonds. The second-order valence-electron chi connectivity index (χ2n) is 7.63. The van der Waals surface area contributed by atoms with Crippen LogP contribution in [0.15, 0.2) is 102 Å². The Hall–Kier alpha value is -3.85. The molecule has 0 aliphatic rings. The number of nitrogens with zero attached hydrogens (tertiary/aromatic N) is 1. The molecule has 4 aromatic carbocycles. The number of benzene rings is 4. The summed E-state index contributed by atoms with van der Waals surface area (Å²) in [4.78, 5) is 16.9. The van der Waals surface area contributed by atoms with Gasteiger partial charge in [0, 0.05) is 11.9 Å². The summed E-state index contributed by atoms with van der Waals surface area (Å²) in [5, 5.41) is 2.81. The van der Waals surface area contributed by atoms with Gasteiger partial charge in [0.15, 0.2) is 18.1 Å². The van der Waals surface area contributed by atoms with Crippen molar-refractivity contribution in [1.82, 2.24) is 0 Å². The van der Waals surface area contributed by atoms with Crippen LogP contribution >= 0.6 is 22.6 Å². The van der Waals surface area contributed by atoms with Crippen molar-refractivity contribution in [3.05, 3.63) is 106 Å². The molecule has 6 nitrogen and oxygen atoms in total. The van der Waals surface area contributed by atoms with Crippen LogP contribution < -0.4 is 19.5 Å². The number of ether oxygens (including phenoxy) is 3. The van der Waals surface area contributed by atoms with E-state index >= 15 is 0 Å². The average Bonchev–Trinajstić information content (AvgIpc) is 2.89. The normalized spacial score (nSPS) is 10.7. The number of carbonyl (C=O) groups is 1. The van der Waals surface area contributed by atoms with Crippen molar-refractivity contribution in [2.24, 2.45) is 4.99 Å². The number of amides is 1. The van der Waals surface area contributed by atoms with Gasteiger partial charge in [-0.3, -0.25) is 9.79 Å². The van der Waals surface area contributed by atoms with Crippen LogP contribution in [0.5, 0.6) is 23.0 Å². The summed E-state index contributed by atoms with van der Waals surface area (Å²) in [7, 11) is 0. The number of halogens is 1. The molecule has 7 heteroatoms. The Morgan fingerprint density at radius 1 is 0.889 bits per heavy atom. The van der Waals surface area contributed by atoms with Crippen molar-refractivity contribution in [2.75, 3.05) is 18.5 Å². The lowest BCUT2D eigenvalue weighted by atomic mass is 10.2. The summed E-state index contributed by atoms with van der Waals surface area (Å²) in [6.07, 6.45) is 1.77. The third-order valence-corrected chi connectivity index (χ3v) is 5.72. The minimum absolute atomic E-state index is 0.129. The van der Waals surface area contributed by atoms with Crippen LogP contribution in [0.1, 0.15) is 12.5 Å². The highest BCUT2D eigenvalue weighted by atomic mass is 127. The lowest BCUT2D eigenvalue weighted by Gasteiger charge is -2.14. The van der Waals surface area contributed by atoms with Crippen molar-refractivity contribution in [2.45, 2.75) is 6.92 Å². The summed E-state index contributed by atoms with van der Waals surface area (Å²) in [5.74, 6) is 2.37. The molecule has 0 fully saturated rings. The fourth-order valence-corrected chi connectivity index (χ4v) is 4.08. The number of anilines is 1. The van der Waals surface area contributed by atoms with Crippen LogP contribution in [-0.4, -0.2) is 25.3 Å². The third kappa shape index (κ3) is 7.32. The molecule has 0 bridgehead atoms. The van der Waals surface area contributed by atoms with Gasteiger partial charge in [-0.1, -0.05) is 36.4 Å². The molecule has 4 rings (SSSR count). The molecular formula is C29H25IN2O4. The molecule has 0 saturated carbocycles. The molecule has 0 radical (unpaired) electrons. The second-order valence-corrected chi connectivity index (χ2v) is 8.80. The SMILES string of the molecule is CCOc1cc(C=Nc2ccc(Oc3ccccc3)cc2)cc(I)c1OCC(=O)Nc1ccccc1. The maximum Gasteiger partial charge on any atom is 0.262 e. The number of hydrogen-bond acceptors (Lipinski definition) is 5. The highest BCUT2D eigenvalue weighted by molar-refractivity contribution is 14.1. The van der Waals surface area contributed by atoms with Crippen LogP contribution in [0.25, 0.3) is 0 Å². The molecule has 4 aromatic rings. The van der Waals surface area contributed by atoms with Gasteiger partial charge in [0.25, 0.3) is 5.91 Å². The first-order chi connectivity index (χ1) is 17.6. The zero-order valence-electron chi connectivity index (χ0n) is 19.7. The quantitative estimate of drug-likeness (QED) is 0.156. The van der Waals surface area contributed by atoms with Gasteiger partial charge in [-0.25, -0.2) is 0 Å². The topological polar surface area (TPSA) is 69.1 Å². The molecule has 0 aliphatic heterocycles. The third-order valence-electron chi connectivity index (χ3n) is 4.92. The van der Waals surface area contributed by atoms with E-state index in [0.29, 0.717) is 18.1 Å². The fraction of sp³-hybridized carbons (Fsp3) is 0.103. The lowest BCUT2D eigenvalue weighted by Crippen LogP contribution is -2.20. The largest absolute Gasteiger partial charge is 0.490 e. The summed E-state index contributed by atoms with van der Waals surface area (Å²) in [6.45, 7) is 2.24. The van der Waals surface area contributed by atoms with E-state index in [1.165, 1.54) is 0 Å². The van der Waals surface area contributed by atoms with Crippen LogP contribution in [0.2, 0.25) is 0 Å². The number of para-hydroxylation sites is 2. The molecule has 0 aromatic heterocycles. The van der Waals surface area contributed by atoms with Crippen molar-refractivity contribution < 1.29 is 19.0 Å². The zero-order valence-corrected chi connectivity index (χ0v) is 21.8. The number of aliphatic imine (C=N–C) groups is 1. The van der Waals surface area contributed by atoms with Gasteiger partial charge in [0.2, 0.25) is 0 Å². The van der Waals surface area contributed by atoms with Crippen molar-refractivity contribution >= 4 is 46.1 Å². The smallest absolute Gasteiger partial charge is 0.262 e. The van der Waals surface area contributed by atoms with Gasteiger partial charge in [0.1, 0.15) is 11.5 Å². The highest BCUT2D eigenvalue weighted by Crippen LogP contribution is 2.34. The number of nitrogens with one attached hydrogen (secondary N) is 1. The first-order valence-corrected chi connectivity index (χ1v) is 12.5. The minimum atomic E-state index is -0.246. The Morgan fingerprint density at radius 2 is 1.56 bits per heavy atom. The van der Waals surface area contributed by atoms with E-state index in [9.17, 15) is 4.79 Å². The van der Waals surface area contributed by atoms with Crippen LogP contribution in [0.3, 0.4) is 0 Å². The van der Waals surface area contributed by atoms with E-state index in [0.717, 1.165) is 32.0 Å². The van der Waals surface area contributed by atoms with Crippen molar-refractivity contribution in [3.8, 4) is 23.0 Å². The molecule has 0 atom stereocenters. The highest BCUT2D eigenvalue weighted by Gasteiger charge is 2.14. The molecule has 0 saturated heterocycles. The van der Waals surface area contributed by atoms with Gasteiger partial charge in [-0.05, 0) is 95.7 Å². The number of hydrogen-bond donors (Lipinski definition) is 1. The van der Waals surface area contributed by atoms with Crippen LogP contribution in [0, 0.1) is 3.57 Å². The van der Waals surface area contributed by atoms with Crippen molar-refractivity contribution in [1.29, 1.82) is 0 Å². The molecule has 0 aliphatic carbocycles. The molecule has 182 valence electrons. The molecule has 0 spiro atoms. The van der Waals surface area contributed by atoms with Crippen LogP contribution in [0.4, 0.5) is 11.4 Å². The predicted molar refractivity (Wildman–Crippen MR) is 151 cm³/mol. The molecule has 0 unspecified atom stereocenters. The summed E-state index contributed by atoms with van der Waals surface area (Å²) in [6, 6.07) is 30.2. The van der Waals surface area contributed by atoms with Gasteiger partial charge < -0.3 is 19.5 Å². The van der Waals surface area contributed by atoms with Gasteiger partial charge >= 0.3 is 0 Å². The molecule has 36 heavy (non-hydrogen) atoms. The first kappa shape index (κ1) is 25.2. The molecule has 1 N–H and O–H groups in total. The first-order valence-electron chi connectivity index (χ1n) is 11.4. The standard InChI is InChI=1S/C29H25IN2O4/c1-2-34-27-18-21(17-26(30)29(27)35-20-28(33)32-23-9-5-3-6-10-23)19-31-22-13-15-25(16-14-22)36-24-11-7-4-8-12-24/h3-19H,2,20H2,1H3,(H,32,33). The van der Waals surface area contributed by atoms with E-state index in [1.54, 1.807) is 6.21 Å². The maximum absolute atomic E-state index is 12.3. The van der Waals surface area contributed by atoms with Crippen LogP contribution in [-0.2, 0) is 4.79 Å². The Labute approximate surface area is 224 Å². The Morgan fingerprint density at radius 3 is 2.25 bits per heavy atom. The minimum Gasteiger partial charge on any atom is -0.490 e. The summed E-state index contributed by atoms with van der Waals surface area (Å²) in [5.41, 5.74) is 2.37. The Kier molecular flexibility index (Phi) is 8.93. The maximum atomic E-state index is 12.3. The zero-order chi connectivity index (χ0) is 25.2. The monoisotopic (exact) mass is 592 g/mol. The number of carbonyl (C=O) groups excluding carboxylic acids is 1.